The van der Waals surface area contributed by atoms with Crippen molar-refractivity contribution in [3.63, 3.8) is 0 Å². The minimum absolute atomic E-state index is 0.122. The van der Waals surface area contributed by atoms with E-state index in [-0.39, 0.29) is 12.5 Å². The van der Waals surface area contributed by atoms with Crippen LogP contribution in [0.15, 0.2) is 65.8 Å². The van der Waals surface area contributed by atoms with Crippen LogP contribution in [0.4, 0.5) is 5.69 Å². The largest absolute Gasteiger partial charge is 0.376 e. The first-order valence-electron chi connectivity index (χ1n) is 7.61. The van der Waals surface area contributed by atoms with Gasteiger partial charge in [-0.15, -0.1) is 0 Å². The van der Waals surface area contributed by atoms with Crippen LogP contribution in [0.25, 0.3) is 10.8 Å². The summed E-state index contributed by atoms with van der Waals surface area (Å²) in [7, 11) is 0. The molecule has 0 atom stereocenters. The molecule has 0 bridgehead atoms. The van der Waals surface area contributed by atoms with Crippen molar-refractivity contribution in [3.8, 4) is 0 Å². The van der Waals surface area contributed by atoms with Crippen LogP contribution < -0.4 is 10.7 Å². The van der Waals surface area contributed by atoms with Crippen LogP contribution in [0.3, 0.4) is 0 Å². The molecule has 126 valence electrons. The zero-order chi connectivity index (χ0) is 17.6. The Morgan fingerprint density at radius 3 is 2.56 bits per heavy atom. The Kier molecular flexibility index (Phi) is 5.53. The molecule has 25 heavy (non-hydrogen) atoms. The predicted octanol–water partition coefficient (Wildman–Crippen LogP) is 4.71. The number of hydrazone groups is 1. The third-order valence-electron chi connectivity index (χ3n) is 3.55. The number of hydrogen-bond acceptors (Lipinski definition) is 3. The first kappa shape index (κ1) is 17.3. The Labute approximate surface area is 155 Å². The minimum atomic E-state index is -0.246. The molecule has 0 saturated carbocycles. The van der Waals surface area contributed by atoms with E-state index in [4.69, 9.17) is 23.2 Å². The van der Waals surface area contributed by atoms with Gasteiger partial charge in [-0.25, -0.2) is 5.43 Å². The van der Waals surface area contributed by atoms with Crippen molar-refractivity contribution < 1.29 is 4.79 Å². The molecule has 0 saturated heterocycles. The van der Waals surface area contributed by atoms with Crippen LogP contribution in [0.5, 0.6) is 0 Å². The van der Waals surface area contributed by atoms with Gasteiger partial charge in [-0.2, -0.15) is 5.10 Å². The van der Waals surface area contributed by atoms with Crippen LogP contribution in [0, 0.1) is 0 Å². The summed E-state index contributed by atoms with van der Waals surface area (Å²) in [5.41, 5.74) is 4.09. The normalized spacial score (nSPS) is 11.0. The van der Waals surface area contributed by atoms with Crippen molar-refractivity contribution >= 4 is 51.8 Å². The monoisotopic (exact) mass is 371 g/mol. The summed E-state index contributed by atoms with van der Waals surface area (Å²) in [6.07, 6.45) is 1.51. The standard InChI is InChI=1S/C19H15Cl2N3O/c20-17-8-5-13(9-18(17)21)11-23-24-19(25)12-22-16-7-6-14-3-1-2-4-15(14)10-16/h1-11,22H,12H2,(H,24,25)/b23-11+. The average Bonchev–Trinajstić information content (AvgIpc) is 2.63. The minimum Gasteiger partial charge on any atom is -0.376 e. The van der Waals surface area contributed by atoms with Crippen LogP contribution in [0.2, 0.25) is 10.0 Å². The molecule has 3 aromatic carbocycles. The Bertz CT molecular complexity index is 941. The van der Waals surface area contributed by atoms with Crippen molar-refractivity contribution in [2.75, 3.05) is 11.9 Å². The highest BCUT2D eigenvalue weighted by atomic mass is 35.5. The van der Waals surface area contributed by atoms with Crippen molar-refractivity contribution in [2.45, 2.75) is 0 Å². The van der Waals surface area contributed by atoms with E-state index < -0.39 is 0 Å². The number of nitrogens with one attached hydrogen (secondary N) is 2. The highest BCUT2D eigenvalue weighted by Gasteiger charge is 2.01. The number of amides is 1. The van der Waals surface area contributed by atoms with E-state index in [2.05, 4.69) is 15.8 Å². The molecule has 0 aromatic heterocycles. The quantitative estimate of drug-likeness (QED) is 0.504. The Hall–Kier alpha value is -2.56. The van der Waals surface area contributed by atoms with Gasteiger partial charge in [0.05, 0.1) is 22.8 Å². The third kappa shape index (κ3) is 4.72. The highest BCUT2D eigenvalue weighted by Crippen LogP contribution is 2.21. The maximum Gasteiger partial charge on any atom is 0.259 e. The smallest absolute Gasteiger partial charge is 0.259 e. The van der Waals surface area contributed by atoms with Gasteiger partial charge in [0.1, 0.15) is 0 Å². The summed E-state index contributed by atoms with van der Waals surface area (Å²) < 4.78 is 0. The average molecular weight is 372 g/mol. The molecular formula is C19H15Cl2N3O. The molecular weight excluding hydrogens is 357 g/mol. The van der Waals surface area contributed by atoms with E-state index in [0.29, 0.717) is 10.0 Å². The molecule has 2 N–H and O–H groups in total. The fourth-order valence-corrected chi connectivity index (χ4v) is 2.60. The van der Waals surface area contributed by atoms with Gasteiger partial charge in [-0.05, 0) is 40.6 Å². The van der Waals surface area contributed by atoms with Crippen molar-refractivity contribution in [2.24, 2.45) is 5.10 Å². The molecule has 0 unspecified atom stereocenters. The Morgan fingerprint density at radius 1 is 0.960 bits per heavy atom. The van der Waals surface area contributed by atoms with Crippen molar-refractivity contribution in [1.29, 1.82) is 0 Å². The van der Waals surface area contributed by atoms with Gasteiger partial charge in [0, 0.05) is 5.69 Å². The summed E-state index contributed by atoms with van der Waals surface area (Å²) >= 11 is 11.8. The molecule has 6 heteroatoms. The Morgan fingerprint density at radius 2 is 1.76 bits per heavy atom. The fraction of sp³-hybridized carbons (Fsp3) is 0.0526. The first-order valence-corrected chi connectivity index (χ1v) is 8.37. The van der Waals surface area contributed by atoms with Gasteiger partial charge in [-0.3, -0.25) is 4.79 Å². The molecule has 0 aliphatic heterocycles. The van der Waals surface area contributed by atoms with Gasteiger partial charge in [0.15, 0.2) is 0 Å². The number of anilines is 1. The number of carbonyl (C=O) groups excluding carboxylic acids is 1. The zero-order valence-electron chi connectivity index (χ0n) is 13.2. The molecule has 0 fully saturated rings. The zero-order valence-corrected chi connectivity index (χ0v) is 14.7. The number of rotatable bonds is 5. The molecule has 0 aliphatic rings. The second-order valence-electron chi connectivity index (χ2n) is 5.38. The maximum atomic E-state index is 11.9. The molecule has 3 aromatic rings. The molecule has 4 nitrogen and oxygen atoms in total. The van der Waals surface area contributed by atoms with Gasteiger partial charge in [0.25, 0.3) is 5.91 Å². The van der Waals surface area contributed by atoms with E-state index >= 15 is 0 Å². The summed E-state index contributed by atoms with van der Waals surface area (Å²) in [4.78, 5) is 11.9. The van der Waals surface area contributed by atoms with Gasteiger partial charge < -0.3 is 5.32 Å². The van der Waals surface area contributed by atoms with Gasteiger partial charge in [0.2, 0.25) is 0 Å². The lowest BCUT2D eigenvalue weighted by Crippen LogP contribution is -2.25. The van der Waals surface area contributed by atoms with E-state index in [1.54, 1.807) is 18.2 Å². The summed E-state index contributed by atoms with van der Waals surface area (Å²) in [5, 5.41) is 10.2. The number of benzene rings is 3. The van der Waals surface area contributed by atoms with Crippen LogP contribution in [-0.2, 0) is 4.79 Å². The SMILES string of the molecule is O=C(CNc1ccc2ccccc2c1)N/N=C/c1ccc(Cl)c(Cl)c1. The van der Waals surface area contributed by atoms with Crippen LogP contribution in [0.1, 0.15) is 5.56 Å². The Balaban J connectivity index is 1.53. The molecule has 0 heterocycles. The first-order chi connectivity index (χ1) is 12.1. The number of hydrogen-bond donors (Lipinski definition) is 2. The van der Waals surface area contributed by atoms with E-state index in [0.717, 1.165) is 22.0 Å². The highest BCUT2D eigenvalue weighted by molar-refractivity contribution is 6.42. The second-order valence-corrected chi connectivity index (χ2v) is 6.20. The molecule has 0 radical (unpaired) electrons. The van der Waals surface area contributed by atoms with Crippen LogP contribution >= 0.6 is 23.2 Å². The maximum absolute atomic E-state index is 11.9. The van der Waals surface area contributed by atoms with E-state index in [1.165, 1.54) is 6.21 Å². The van der Waals surface area contributed by atoms with Gasteiger partial charge in [-0.1, -0.05) is 59.6 Å². The topological polar surface area (TPSA) is 53.5 Å². The summed E-state index contributed by atoms with van der Waals surface area (Å²) in [6, 6.07) is 19.1. The lowest BCUT2D eigenvalue weighted by atomic mass is 10.1. The summed E-state index contributed by atoms with van der Waals surface area (Å²) in [5.74, 6) is -0.246. The van der Waals surface area contributed by atoms with Crippen molar-refractivity contribution in [1.82, 2.24) is 5.43 Å². The third-order valence-corrected chi connectivity index (χ3v) is 4.29. The van der Waals surface area contributed by atoms with E-state index in [1.807, 2.05) is 42.5 Å². The second kappa shape index (κ2) is 8.01. The number of halogens is 2. The summed E-state index contributed by atoms with van der Waals surface area (Å²) in [6.45, 7) is 0.122. The number of carbonyl (C=O) groups is 1. The fourth-order valence-electron chi connectivity index (χ4n) is 2.29. The van der Waals surface area contributed by atoms with Gasteiger partial charge >= 0.3 is 0 Å². The lowest BCUT2D eigenvalue weighted by Gasteiger charge is -2.06. The lowest BCUT2D eigenvalue weighted by molar-refractivity contribution is -0.119. The molecule has 0 spiro atoms. The molecule has 0 aliphatic carbocycles. The number of nitrogens with zero attached hydrogens (tertiary/aromatic N) is 1. The number of fused-ring (bicyclic) bond motifs is 1. The van der Waals surface area contributed by atoms with Crippen molar-refractivity contribution in [3.05, 3.63) is 76.3 Å². The molecule has 1 amide bonds. The van der Waals surface area contributed by atoms with E-state index in [9.17, 15) is 4.79 Å². The predicted molar refractivity (Wildman–Crippen MR) is 105 cm³/mol. The molecule has 3 rings (SSSR count). The van der Waals surface area contributed by atoms with Crippen LogP contribution in [-0.4, -0.2) is 18.7 Å².